The van der Waals surface area contributed by atoms with E-state index in [9.17, 15) is 4.79 Å². The van der Waals surface area contributed by atoms with Crippen LogP contribution in [-0.4, -0.2) is 43.0 Å². The Bertz CT molecular complexity index is 560. The summed E-state index contributed by atoms with van der Waals surface area (Å²) in [6.07, 6.45) is 0. The van der Waals surface area contributed by atoms with Crippen molar-refractivity contribution < 1.29 is 9.21 Å². The molecule has 19 heavy (non-hydrogen) atoms. The quantitative estimate of drug-likeness (QED) is 0.837. The van der Waals surface area contributed by atoms with Crippen molar-refractivity contribution in [2.45, 2.75) is 6.04 Å². The van der Waals surface area contributed by atoms with Gasteiger partial charge in [0.2, 0.25) is 0 Å². The van der Waals surface area contributed by atoms with Crippen LogP contribution in [0.5, 0.6) is 0 Å². The van der Waals surface area contributed by atoms with Crippen molar-refractivity contribution in [2.75, 3.05) is 26.2 Å². The lowest BCUT2D eigenvalue weighted by Crippen LogP contribution is -2.56. The third-order valence-electron chi connectivity index (χ3n) is 3.52. The van der Waals surface area contributed by atoms with Crippen molar-refractivity contribution in [2.24, 2.45) is 5.73 Å². The highest BCUT2D eigenvalue weighted by Crippen LogP contribution is 2.21. The maximum atomic E-state index is 12.5. The molecule has 2 aromatic rings. The van der Waals surface area contributed by atoms with Crippen LogP contribution >= 0.6 is 0 Å². The number of nitrogens with one attached hydrogen (secondary N) is 1. The molecule has 1 aliphatic rings. The van der Waals surface area contributed by atoms with Gasteiger partial charge in [-0.1, -0.05) is 18.2 Å². The maximum Gasteiger partial charge on any atom is 0.289 e. The molecule has 1 unspecified atom stereocenters. The van der Waals surface area contributed by atoms with E-state index in [1.54, 1.807) is 11.0 Å². The number of rotatable bonds is 2. The van der Waals surface area contributed by atoms with Crippen LogP contribution in [-0.2, 0) is 0 Å². The summed E-state index contributed by atoms with van der Waals surface area (Å²) in [6, 6.07) is 9.47. The van der Waals surface area contributed by atoms with Crippen LogP contribution in [0.4, 0.5) is 0 Å². The lowest BCUT2D eigenvalue weighted by atomic mass is 10.1. The summed E-state index contributed by atoms with van der Waals surface area (Å²) in [5.74, 6) is 0.315. The topological polar surface area (TPSA) is 71.5 Å². The first-order chi connectivity index (χ1) is 9.29. The van der Waals surface area contributed by atoms with E-state index in [0.717, 1.165) is 24.1 Å². The molecule has 100 valence electrons. The number of benzene rings is 1. The molecular weight excluding hydrogens is 242 g/mol. The summed E-state index contributed by atoms with van der Waals surface area (Å²) >= 11 is 0. The first kappa shape index (κ1) is 12.2. The molecule has 0 saturated carbocycles. The number of hydrogen-bond donors (Lipinski definition) is 2. The smallest absolute Gasteiger partial charge is 0.289 e. The number of nitrogens with zero attached hydrogens (tertiary/aromatic N) is 1. The Hall–Kier alpha value is -1.85. The van der Waals surface area contributed by atoms with E-state index in [4.69, 9.17) is 10.2 Å². The molecule has 5 heteroatoms. The first-order valence-corrected chi connectivity index (χ1v) is 6.50. The van der Waals surface area contributed by atoms with Crippen LogP contribution in [0.25, 0.3) is 11.0 Å². The molecule has 1 amide bonds. The Kier molecular flexibility index (Phi) is 3.23. The molecule has 5 nitrogen and oxygen atoms in total. The van der Waals surface area contributed by atoms with Gasteiger partial charge in [0.15, 0.2) is 5.76 Å². The summed E-state index contributed by atoms with van der Waals surface area (Å²) in [5, 5.41) is 4.19. The van der Waals surface area contributed by atoms with Crippen LogP contribution < -0.4 is 11.1 Å². The minimum Gasteiger partial charge on any atom is -0.451 e. The molecule has 3 rings (SSSR count). The van der Waals surface area contributed by atoms with Crippen molar-refractivity contribution in [1.82, 2.24) is 10.2 Å². The number of nitrogens with two attached hydrogens (primary N) is 1. The molecule has 1 aromatic carbocycles. The van der Waals surface area contributed by atoms with Crippen LogP contribution in [0.2, 0.25) is 0 Å². The van der Waals surface area contributed by atoms with Gasteiger partial charge in [0.05, 0.1) is 6.04 Å². The van der Waals surface area contributed by atoms with Crippen molar-refractivity contribution in [1.29, 1.82) is 0 Å². The molecule has 1 saturated heterocycles. The average Bonchev–Trinajstić information content (AvgIpc) is 2.90. The summed E-state index contributed by atoms with van der Waals surface area (Å²) in [7, 11) is 0. The van der Waals surface area contributed by atoms with Crippen LogP contribution in [0.3, 0.4) is 0 Å². The van der Waals surface area contributed by atoms with Gasteiger partial charge in [0.1, 0.15) is 5.58 Å². The summed E-state index contributed by atoms with van der Waals surface area (Å²) in [6.45, 7) is 2.65. The van der Waals surface area contributed by atoms with Gasteiger partial charge >= 0.3 is 0 Å². The average molecular weight is 259 g/mol. The standard InChI is InChI=1S/C14H17N3O2/c15-8-11-9-16-5-6-17(11)14(18)13-7-10-3-1-2-4-12(10)19-13/h1-4,7,11,16H,5-6,8-9,15H2. The highest BCUT2D eigenvalue weighted by atomic mass is 16.3. The third-order valence-corrected chi connectivity index (χ3v) is 3.52. The molecule has 0 radical (unpaired) electrons. The monoisotopic (exact) mass is 259 g/mol. The molecule has 3 N–H and O–H groups in total. The van der Waals surface area contributed by atoms with Gasteiger partial charge in [-0.05, 0) is 12.1 Å². The van der Waals surface area contributed by atoms with Gasteiger partial charge in [0.25, 0.3) is 5.91 Å². The number of fused-ring (bicyclic) bond motifs is 1. The van der Waals surface area contributed by atoms with Gasteiger partial charge in [-0.25, -0.2) is 0 Å². The van der Waals surface area contributed by atoms with Gasteiger partial charge in [-0.15, -0.1) is 0 Å². The predicted molar refractivity (Wildman–Crippen MR) is 73.0 cm³/mol. The number of furan rings is 1. The number of piperazine rings is 1. The van der Waals surface area contributed by atoms with E-state index in [0.29, 0.717) is 18.8 Å². The first-order valence-electron chi connectivity index (χ1n) is 6.50. The van der Waals surface area contributed by atoms with E-state index in [2.05, 4.69) is 5.32 Å². The van der Waals surface area contributed by atoms with Crippen molar-refractivity contribution >= 4 is 16.9 Å². The Morgan fingerprint density at radius 3 is 3.11 bits per heavy atom. The lowest BCUT2D eigenvalue weighted by molar-refractivity contribution is 0.0614. The number of amides is 1. The van der Waals surface area contributed by atoms with Crippen molar-refractivity contribution in [3.05, 3.63) is 36.1 Å². The Morgan fingerprint density at radius 1 is 1.47 bits per heavy atom. The van der Waals surface area contributed by atoms with E-state index in [1.165, 1.54) is 0 Å². The summed E-state index contributed by atoms with van der Waals surface area (Å²) < 4.78 is 5.62. The lowest BCUT2D eigenvalue weighted by Gasteiger charge is -2.34. The zero-order valence-corrected chi connectivity index (χ0v) is 10.6. The van der Waals surface area contributed by atoms with Gasteiger partial charge in [-0.2, -0.15) is 0 Å². The maximum absolute atomic E-state index is 12.5. The zero-order valence-electron chi connectivity index (χ0n) is 10.6. The number of carbonyl (C=O) groups is 1. The Morgan fingerprint density at radius 2 is 2.32 bits per heavy atom. The van der Waals surface area contributed by atoms with E-state index >= 15 is 0 Å². The second-order valence-electron chi connectivity index (χ2n) is 4.74. The van der Waals surface area contributed by atoms with Gasteiger partial charge in [0, 0.05) is 31.6 Å². The molecule has 0 spiro atoms. The van der Waals surface area contributed by atoms with Crippen LogP contribution in [0.1, 0.15) is 10.6 Å². The molecule has 2 heterocycles. The molecular formula is C14H17N3O2. The molecule has 1 fully saturated rings. The fraction of sp³-hybridized carbons (Fsp3) is 0.357. The molecule has 1 aliphatic heterocycles. The fourth-order valence-electron chi connectivity index (χ4n) is 2.47. The molecule has 1 aromatic heterocycles. The highest BCUT2D eigenvalue weighted by Gasteiger charge is 2.28. The number of carbonyl (C=O) groups excluding carboxylic acids is 1. The molecule has 0 aliphatic carbocycles. The predicted octanol–water partition coefficient (Wildman–Crippen LogP) is 0.806. The van der Waals surface area contributed by atoms with E-state index in [-0.39, 0.29) is 11.9 Å². The minimum absolute atomic E-state index is 0.0365. The Balaban J connectivity index is 1.89. The SMILES string of the molecule is NCC1CNCCN1C(=O)c1cc2ccccc2o1. The van der Waals surface area contributed by atoms with Crippen LogP contribution in [0.15, 0.2) is 34.7 Å². The zero-order chi connectivity index (χ0) is 13.2. The number of hydrogen-bond acceptors (Lipinski definition) is 4. The summed E-state index contributed by atoms with van der Waals surface area (Å²) in [5.41, 5.74) is 6.46. The summed E-state index contributed by atoms with van der Waals surface area (Å²) in [4.78, 5) is 14.3. The fourth-order valence-corrected chi connectivity index (χ4v) is 2.47. The van der Waals surface area contributed by atoms with Gasteiger partial charge in [-0.3, -0.25) is 4.79 Å². The van der Waals surface area contributed by atoms with Crippen molar-refractivity contribution in [3.63, 3.8) is 0 Å². The number of para-hydroxylation sites is 1. The second-order valence-corrected chi connectivity index (χ2v) is 4.74. The highest BCUT2D eigenvalue weighted by molar-refractivity contribution is 5.96. The minimum atomic E-state index is -0.0758. The van der Waals surface area contributed by atoms with E-state index in [1.807, 2.05) is 24.3 Å². The van der Waals surface area contributed by atoms with Crippen LogP contribution in [0, 0.1) is 0 Å². The normalized spacial score (nSPS) is 19.8. The van der Waals surface area contributed by atoms with E-state index < -0.39 is 0 Å². The third kappa shape index (κ3) is 2.22. The molecule has 0 bridgehead atoms. The molecule has 1 atom stereocenters. The Labute approximate surface area is 111 Å². The largest absolute Gasteiger partial charge is 0.451 e. The second kappa shape index (κ2) is 5.03. The van der Waals surface area contributed by atoms with Crippen molar-refractivity contribution in [3.8, 4) is 0 Å². The van der Waals surface area contributed by atoms with Gasteiger partial charge < -0.3 is 20.4 Å².